The fourth-order valence-electron chi connectivity index (χ4n) is 0.686. The molecule has 60 valence electrons. The molecule has 10 heavy (non-hydrogen) atoms. The van der Waals surface area contributed by atoms with Gasteiger partial charge in [-0.15, -0.1) is 11.6 Å². The van der Waals surface area contributed by atoms with Crippen LogP contribution < -0.4 is 0 Å². The minimum Gasteiger partial charge on any atom is -0.364 e. The molecule has 0 spiro atoms. The number of sulfonamides is 1. The molecule has 0 N–H and O–H groups in total. The van der Waals surface area contributed by atoms with Gasteiger partial charge in [-0.2, -0.15) is 4.31 Å². The second-order valence-corrected chi connectivity index (χ2v) is 4.49. The van der Waals surface area contributed by atoms with Crippen LogP contribution in [0.3, 0.4) is 0 Å². The Morgan fingerprint density at radius 3 is 2.70 bits per heavy atom. The number of nitrogens with zero attached hydrogens (tertiary/aromatic N) is 1. The van der Waals surface area contributed by atoms with Gasteiger partial charge in [0, 0.05) is 6.54 Å². The van der Waals surface area contributed by atoms with Crippen LogP contribution in [0.15, 0.2) is 0 Å². The highest BCUT2D eigenvalue weighted by molar-refractivity contribution is 7.90. The summed E-state index contributed by atoms with van der Waals surface area (Å²) in [5, 5.41) is -0.365. The Morgan fingerprint density at radius 1 is 1.60 bits per heavy atom. The van der Waals surface area contributed by atoms with Crippen LogP contribution in [0.2, 0.25) is 0 Å². The van der Waals surface area contributed by atoms with E-state index >= 15 is 0 Å². The molecule has 1 aliphatic heterocycles. The summed E-state index contributed by atoms with van der Waals surface area (Å²) in [4.78, 5) is 0. The van der Waals surface area contributed by atoms with E-state index in [4.69, 9.17) is 16.3 Å². The second-order valence-electron chi connectivity index (χ2n) is 1.93. The topological polar surface area (TPSA) is 46.6 Å². The molecule has 0 bridgehead atoms. The van der Waals surface area contributed by atoms with Crippen LogP contribution in [0.5, 0.6) is 0 Å². The van der Waals surface area contributed by atoms with Crippen LogP contribution in [0.25, 0.3) is 0 Å². The van der Waals surface area contributed by atoms with Gasteiger partial charge in [0.2, 0.25) is 10.0 Å². The Balaban J connectivity index is 2.63. The lowest BCUT2D eigenvalue weighted by atomic mass is 10.7. The fraction of sp³-hybridized carbons (Fsp3) is 1.00. The predicted octanol–water partition coefficient (Wildman–Crippen LogP) is -0.198. The smallest absolute Gasteiger partial charge is 0.230 e. The minimum atomic E-state index is -3.22. The van der Waals surface area contributed by atoms with E-state index in [0.717, 1.165) is 0 Å². The number of halogens is 1. The third kappa shape index (κ3) is 1.60. The van der Waals surface area contributed by atoms with E-state index in [-0.39, 0.29) is 11.9 Å². The molecule has 0 radical (unpaired) electrons. The van der Waals surface area contributed by atoms with Gasteiger partial charge in [0.05, 0.1) is 6.61 Å². The van der Waals surface area contributed by atoms with Gasteiger partial charge < -0.3 is 4.74 Å². The minimum absolute atomic E-state index is 0.148. The lowest BCUT2D eigenvalue weighted by molar-refractivity contribution is 0.172. The van der Waals surface area contributed by atoms with Crippen LogP contribution in [-0.2, 0) is 14.8 Å². The molecule has 1 saturated heterocycles. The van der Waals surface area contributed by atoms with Crippen molar-refractivity contribution in [2.45, 2.75) is 0 Å². The monoisotopic (exact) mass is 185 g/mol. The summed E-state index contributed by atoms with van der Waals surface area (Å²) < 4.78 is 27.9. The lowest BCUT2D eigenvalue weighted by Crippen LogP contribution is -2.28. The summed E-state index contributed by atoms with van der Waals surface area (Å²) in [6, 6.07) is 0. The molecular weight excluding hydrogens is 178 g/mol. The molecule has 6 heteroatoms. The average Bonchev–Trinajstić information content (AvgIpc) is 2.38. The van der Waals surface area contributed by atoms with E-state index in [9.17, 15) is 8.42 Å². The maximum atomic E-state index is 10.9. The number of rotatable bonds is 2. The molecule has 0 aromatic carbocycles. The number of ether oxygens (including phenoxy) is 1. The van der Waals surface area contributed by atoms with Gasteiger partial charge in [-0.1, -0.05) is 0 Å². The van der Waals surface area contributed by atoms with Gasteiger partial charge in [-0.25, -0.2) is 8.42 Å². The first-order chi connectivity index (χ1) is 4.67. The molecule has 1 aliphatic rings. The first-order valence-corrected chi connectivity index (χ1v) is 4.93. The third-order valence-corrected chi connectivity index (χ3v) is 3.43. The Morgan fingerprint density at radius 2 is 2.30 bits per heavy atom. The zero-order valence-electron chi connectivity index (χ0n) is 5.29. The largest absolute Gasteiger partial charge is 0.364 e. The maximum Gasteiger partial charge on any atom is 0.230 e. The molecular formula is C4H8ClNO3S. The van der Waals surface area contributed by atoms with Crippen molar-refractivity contribution in [3.05, 3.63) is 0 Å². The average molecular weight is 186 g/mol. The van der Waals surface area contributed by atoms with Gasteiger partial charge in [0.15, 0.2) is 0 Å². The first kappa shape index (κ1) is 8.26. The summed E-state index contributed by atoms with van der Waals surface area (Å²) in [5.41, 5.74) is 0. The molecule has 1 heterocycles. The molecule has 0 aromatic rings. The molecule has 0 aliphatic carbocycles. The normalized spacial score (nSPS) is 21.7. The molecule has 0 unspecified atom stereocenters. The Kier molecular flexibility index (Phi) is 2.51. The van der Waals surface area contributed by atoms with Crippen molar-refractivity contribution in [3.8, 4) is 0 Å². The van der Waals surface area contributed by atoms with Crippen molar-refractivity contribution in [3.63, 3.8) is 0 Å². The van der Waals surface area contributed by atoms with Gasteiger partial charge in [-0.05, 0) is 0 Å². The third-order valence-electron chi connectivity index (χ3n) is 1.25. The summed E-state index contributed by atoms with van der Waals surface area (Å²) >= 11 is 5.19. The summed E-state index contributed by atoms with van der Waals surface area (Å²) in [5.74, 6) is 0. The van der Waals surface area contributed by atoms with Crippen molar-refractivity contribution >= 4 is 21.6 Å². The van der Waals surface area contributed by atoms with Gasteiger partial charge in [0.1, 0.15) is 11.9 Å². The Bertz CT molecular complexity index is 197. The molecule has 0 amide bonds. The zero-order valence-corrected chi connectivity index (χ0v) is 6.86. The Labute approximate surface area is 64.8 Å². The molecule has 1 fully saturated rings. The maximum absolute atomic E-state index is 10.9. The van der Waals surface area contributed by atoms with Gasteiger partial charge >= 0.3 is 0 Å². The molecule has 0 atom stereocenters. The van der Waals surface area contributed by atoms with Crippen LogP contribution >= 0.6 is 11.6 Å². The van der Waals surface area contributed by atoms with E-state index in [1.807, 2.05) is 0 Å². The number of hydrogen-bond acceptors (Lipinski definition) is 3. The highest BCUT2D eigenvalue weighted by atomic mass is 35.5. The van der Waals surface area contributed by atoms with Crippen molar-refractivity contribution in [2.24, 2.45) is 0 Å². The van der Waals surface area contributed by atoms with Crippen molar-refractivity contribution in [1.29, 1.82) is 0 Å². The van der Waals surface area contributed by atoms with Crippen LogP contribution in [-0.4, -0.2) is 37.8 Å². The summed E-state index contributed by atoms with van der Waals surface area (Å²) in [6.45, 7) is 1.04. The predicted molar refractivity (Wildman–Crippen MR) is 37.2 cm³/mol. The molecule has 1 rings (SSSR count). The first-order valence-electron chi connectivity index (χ1n) is 2.78. The SMILES string of the molecule is O=S(=O)(CCl)N1CCOC1. The van der Waals surface area contributed by atoms with E-state index in [1.54, 1.807) is 0 Å². The summed E-state index contributed by atoms with van der Waals surface area (Å²) in [7, 11) is -3.22. The van der Waals surface area contributed by atoms with E-state index in [0.29, 0.717) is 13.2 Å². The van der Waals surface area contributed by atoms with Crippen LogP contribution in [0.1, 0.15) is 0 Å². The lowest BCUT2D eigenvalue weighted by Gasteiger charge is -2.09. The van der Waals surface area contributed by atoms with Gasteiger partial charge in [-0.3, -0.25) is 0 Å². The second kappa shape index (κ2) is 3.04. The standard InChI is InChI=1S/C4H8ClNO3S/c5-3-10(7,8)6-1-2-9-4-6/h1-4H2. The van der Waals surface area contributed by atoms with E-state index in [1.165, 1.54) is 4.31 Å². The highest BCUT2D eigenvalue weighted by Crippen LogP contribution is 2.07. The van der Waals surface area contributed by atoms with Crippen LogP contribution in [0, 0.1) is 0 Å². The van der Waals surface area contributed by atoms with Crippen molar-refractivity contribution in [1.82, 2.24) is 4.31 Å². The van der Waals surface area contributed by atoms with E-state index < -0.39 is 10.0 Å². The fourth-order valence-corrected chi connectivity index (χ4v) is 1.83. The number of alkyl halides is 1. The van der Waals surface area contributed by atoms with Crippen LogP contribution in [0.4, 0.5) is 0 Å². The summed E-state index contributed by atoms with van der Waals surface area (Å²) in [6.07, 6.45) is 0. The molecule has 0 aromatic heterocycles. The molecule has 4 nitrogen and oxygen atoms in total. The quantitative estimate of drug-likeness (QED) is 0.560. The Hall–Kier alpha value is 0.160. The number of hydrogen-bond donors (Lipinski definition) is 0. The van der Waals surface area contributed by atoms with Gasteiger partial charge in [0.25, 0.3) is 0 Å². The zero-order chi connectivity index (χ0) is 7.61. The van der Waals surface area contributed by atoms with E-state index in [2.05, 4.69) is 0 Å². The highest BCUT2D eigenvalue weighted by Gasteiger charge is 2.24. The molecule has 0 saturated carbocycles. The van der Waals surface area contributed by atoms with Crippen molar-refractivity contribution < 1.29 is 13.2 Å². The van der Waals surface area contributed by atoms with Crippen molar-refractivity contribution in [2.75, 3.05) is 25.1 Å².